The van der Waals surface area contributed by atoms with Crippen LogP contribution in [0.15, 0.2) is 48.5 Å². The van der Waals surface area contributed by atoms with E-state index >= 15 is 0 Å². The van der Waals surface area contributed by atoms with Crippen molar-refractivity contribution in [3.05, 3.63) is 54.1 Å². The lowest BCUT2D eigenvalue weighted by Gasteiger charge is -2.21. The molecule has 0 heterocycles. The van der Waals surface area contributed by atoms with E-state index in [1.54, 1.807) is 0 Å². The Morgan fingerprint density at radius 1 is 0.964 bits per heavy atom. The molecule has 1 N–H and O–H groups in total. The number of rotatable bonds is 6. The average Bonchev–Trinajstić information content (AvgIpc) is 2.59. The summed E-state index contributed by atoms with van der Waals surface area (Å²) in [5.74, 6) is -0.163. The molecule has 2 aromatic carbocycles. The van der Waals surface area contributed by atoms with Crippen LogP contribution in [0.4, 0.5) is 18.9 Å². The van der Waals surface area contributed by atoms with Crippen molar-refractivity contribution in [2.45, 2.75) is 52.0 Å². The van der Waals surface area contributed by atoms with Crippen molar-refractivity contribution in [1.29, 1.82) is 0 Å². The minimum Gasteiger partial charge on any atom is -0.481 e. The van der Waals surface area contributed by atoms with Gasteiger partial charge in [0.2, 0.25) is 0 Å². The van der Waals surface area contributed by atoms with Crippen molar-refractivity contribution >= 4 is 11.6 Å². The molecular formula is C21H24F3NO3. The van der Waals surface area contributed by atoms with Crippen molar-refractivity contribution in [3.63, 3.8) is 0 Å². The van der Waals surface area contributed by atoms with E-state index in [2.05, 4.69) is 30.8 Å². The van der Waals surface area contributed by atoms with Gasteiger partial charge in [0.1, 0.15) is 11.5 Å². The molecule has 0 aromatic heterocycles. The van der Waals surface area contributed by atoms with Gasteiger partial charge in [0.15, 0.2) is 6.10 Å². The first-order valence-corrected chi connectivity index (χ1v) is 8.92. The molecule has 1 atom stereocenters. The maximum Gasteiger partial charge on any atom is 0.573 e. The molecule has 152 valence electrons. The van der Waals surface area contributed by atoms with E-state index in [-0.39, 0.29) is 17.1 Å². The van der Waals surface area contributed by atoms with Crippen molar-refractivity contribution in [2.75, 3.05) is 5.32 Å². The third-order valence-electron chi connectivity index (χ3n) is 4.02. The Kier molecular flexibility index (Phi) is 6.59. The molecule has 0 unspecified atom stereocenters. The van der Waals surface area contributed by atoms with Gasteiger partial charge in [-0.15, -0.1) is 13.2 Å². The zero-order valence-electron chi connectivity index (χ0n) is 16.3. The Balaban J connectivity index is 1.99. The van der Waals surface area contributed by atoms with E-state index in [9.17, 15) is 18.0 Å². The van der Waals surface area contributed by atoms with Crippen LogP contribution in [0.3, 0.4) is 0 Å². The largest absolute Gasteiger partial charge is 0.573 e. The van der Waals surface area contributed by atoms with Crippen LogP contribution < -0.4 is 14.8 Å². The Morgan fingerprint density at radius 2 is 1.50 bits per heavy atom. The van der Waals surface area contributed by atoms with Crippen LogP contribution in [-0.4, -0.2) is 18.4 Å². The van der Waals surface area contributed by atoms with Gasteiger partial charge in [0, 0.05) is 5.69 Å². The van der Waals surface area contributed by atoms with Crippen molar-refractivity contribution in [2.24, 2.45) is 0 Å². The fourth-order valence-electron chi connectivity index (χ4n) is 2.48. The van der Waals surface area contributed by atoms with Crippen LogP contribution in [0.25, 0.3) is 0 Å². The number of carbonyl (C=O) groups is 1. The molecule has 2 aromatic rings. The van der Waals surface area contributed by atoms with E-state index in [1.807, 2.05) is 31.2 Å². The highest BCUT2D eigenvalue weighted by Crippen LogP contribution is 2.26. The summed E-state index contributed by atoms with van der Waals surface area (Å²) in [5.41, 5.74) is 1.52. The molecule has 2 rings (SSSR count). The summed E-state index contributed by atoms with van der Waals surface area (Å²) in [5, 5.41) is 2.64. The second-order valence-corrected chi connectivity index (χ2v) is 7.35. The van der Waals surface area contributed by atoms with E-state index in [1.165, 1.54) is 12.1 Å². The fraction of sp³-hybridized carbons (Fsp3) is 0.381. The van der Waals surface area contributed by atoms with Crippen LogP contribution in [-0.2, 0) is 10.2 Å². The topological polar surface area (TPSA) is 47.6 Å². The Hall–Kier alpha value is -2.70. The summed E-state index contributed by atoms with van der Waals surface area (Å²) < 4.78 is 46.2. The molecule has 0 aliphatic carbocycles. The van der Waals surface area contributed by atoms with Gasteiger partial charge in [-0.2, -0.15) is 0 Å². The van der Waals surface area contributed by atoms with E-state index < -0.39 is 12.5 Å². The quantitative estimate of drug-likeness (QED) is 0.685. The second kappa shape index (κ2) is 8.54. The highest BCUT2D eigenvalue weighted by molar-refractivity contribution is 5.94. The van der Waals surface area contributed by atoms with Gasteiger partial charge < -0.3 is 14.8 Å². The number of nitrogens with one attached hydrogen (secondary N) is 1. The van der Waals surface area contributed by atoms with Gasteiger partial charge in [0.05, 0.1) is 0 Å². The number of ether oxygens (including phenoxy) is 2. The predicted octanol–water partition coefficient (Wildman–Crippen LogP) is 5.68. The third-order valence-corrected chi connectivity index (χ3v) is 4.02. The number of benzene rings is 2. The van der Waals surface area contributed by atoms with Gasteiger partial charge >= 0.3 is 6.36 Å². The zero-order valence-corrected chi connectivity index (χ0v) is 16.3. The van der Waals surface area contributed by atoms with Crippen molar-refractivity contribution in [1.82, 2.24) is 0 Å². The highest BCUT2D eigenvalue weighted by atomic mass is 19.4. The molecule has 0 fully saturated rings. The molecule has 0 aliphatic rings. The number of hydrogen-bond donors (Lipinski definition) is 1. The predicted molar refractivity (Wildman–Crippen MR) is 102 cm³/mol. The van der Waals surface area contributed by atoms with Crippen LogP contribution >= 0.6 is 0 Å². The minimum absolute atomic E-state index is 0.0159. The van der Waals surface area contributed by atoms with Crippen LogP contribution in [0.1, 0.15) is 39.7 Å². The number of halogens is 3. The molecule has 28 heavy (non-hydrogen) atoms. The molecule has 1 amide bonds. The first-order chi connectivity index (χ1) is 13.0. The number of alkyl halides is 3. The summed E-state index contributed by atoms with van der Waals surface area (Å²) in [7, 11) is 0. The standard InChI is InChI=1S/C21H24F3NO3/c1-5-18(27-16-10-6-14(7-11-16)20(2,3)4)19(26)25-15-8-12-17(13-9-15)28-21(22,23)24/h6-13,18H,5H2,1-4H3,(H,25,26)/t18-/m0/s1. The fourth-order valence-corrected chi connectivity index (χ4v) is 2.48. The molecule has 0 aliphatic heterocycles. The third kappa shape index (κ3) is 6.48. The SMILES string of the molecule is CC[C@H](Oc1ccc(C(C)(C)C)cc1)C(=O)Nc1ccc(OC(F)(F)F)cc1. The summed E-state index contributed by atoms with van der Waals surface area (Å²) in [6, 6.07) is 12.5. The maximum atomic E-state index is 12.4. The summed E-state index contributed by atoms with van der Waals surface area (Å²) in [6.45, 7) is 8.14. The molecule has 0 bridgehead atoms. The van der Waals surface area contributed by atoms with Crippen LogP contribution in [0.5, 0.6) is 11.5 Å². The molecule has 0 radical (unpaired) electrons. The molecule has 7 heteroatoms. The molecule has 0 saturated carbocycles. The zero-order chi connectivity index (χ0) is 20.9. The molecule has 0 saturated heterocycles. The summed E-state index contributed by atoms with van der Waals surface area (Å²) in [4.78, 5) is 12.4. The van der Waals surface area contributed by atoms with E-state index in [4.69, 9.17) is 4.74 Å². The smallest absolute Gasteiger partial charge is 0.481 e. The number of carbonyl (C=O) groups excluding carboxylic acids is 1. The Labute approximate surface area is 162 Å². The maximum absolute atomic E-state index is 12.4. The number of hydrogen-bond acceptors (Lipinski definition) is 3. The van der Waals surface area contributed by atoms with Gasteiger partial charge in [-0.1, -0.05) is 39.8 Å². The summed E-state index contributed by atoms with van der Waals surface area (Å²) >= 11 is 0. The van der Waals surface area contributed by atoms with Crippen LogP contribution in [0.2, 0.25) is 0 Å². The normalized spacial score (nSPS) is 13.0. The molecule has 0 spiro atoms. The van der Waals surface area contributed by atoms with Gasteiger partial charge in [-0.05, 0) is 53.8 Å². The van der Waals surface area contributed by atoms with Crippen LogP contribution in [0, 0.1) is 0 Å². The highest BCUT2D eigenvalue weighted by Gasteiger charge is 2.31. The number of amides is 1. The summed E-state index contributed by atoms with van der Waals surface area (Å²) in [6.07, 6.45) is -5.05. The Morgan fingerprint density at radius 3 is 1.96 bits per heavy atom. The first kappa shape index (κ1) is 21.6. The lowest BCUT2D eigenvalue weighted by Crippen LogP contribution is -2.32. The lowest BCUT2D eigenvalue weighted by molar-refractivity contribution is -0.274. The van der Waals surface area contributed by atoms with Gasteiger partial charge in [0.25, 0.3) is 5.91 Å². The van der Waals surface area contributed by atoms with E-state index in [0.717, 1.165) is 17.7 Å². The number of anilines is 1. The monoisotopic (exact) mass is 395 g/mol. The average molecular weight is 395 g/mol. The Bertz CT molecular complexity index is 779. The molecule has 4 nitrogen and oxygen atoms in total. The van der Waals surface area contributed by atoms with Crippen molar-refractivity contribution in [3.8, 4) is 11.5 Å². The first-order valence-electron chi connectivity index (χ1n) is 8.92. The van der Waals surface area contributed by atoms with Crippen molar-refractivity contribution < 1.29 is 27.4 Å². The minimum atomic E-state index is -4.76. The molecular weight excluding hydrogens is 371 g/mol. The second-order valence-electron chi connectivity index (χ2n) is 7.35. The van der Waals surface area contributed by atoms with E-state index in [0.29, 0.717) is 17.9 Å². The van der Waals surface area contributed by atoms with Gasteiger partial charge in [-0.3, -0.25) is 4.79 Å². The van der Waals surface area contributed by atoms with Gasteiger partial charge in [-0.25, -0.2) is 0 Å². The lowest BCUT2D eigenvalue weighted by atomic mass is 9.87.